The zero-order chi connectivity index (χ0) is 14.8. The number of hydrogen-bond acceptors (Lipinski definition) is 1. The van der Waals surface area contributed by atoms with E-state index in [-0.39, 0.29) is 12.2 Å². The van der Waals surface area contributed by atoms with Crippen molar-refractivity contribution < 1.29 is 13.2 Å². The number of para-hydroxylation sites is 1. The Morgan fingerprint density at radius 3 is 2.15 bits per heavy atom. The molecule has 0 aromatic heterocycles. The van der Waals surface area contributed by atoms with Gasteiger partial charge in [-0.1, -0.05) is 35.3 Å². The van der Waals surface area contributed by atoms with E-state index in [1.54, 1.807) is 24.3 Å². The van der Waals surface area contributed by atoms with Crippen LogP contribution in [-0.2, 0) is 12.7 Å². The van der Waals surface area contributed by atoms with Crippen LogP contribution in [0.15, 0.2) is 42.5 Å². The maximum atomic E-state index is 12.8. The van der Waals surface area contributed by atoms with Gasteiger partial charge in [-0.25, -0.2) is 0 Å². The fourth-order valence-corrected chi connectivity index (χ4v) is 2.37. The maximum Gasteiger partial charge on any atom is 0.418 e. The molecule has 0 heterocycles. The van der Waals surface area contributed by atoms with Crippen molar-refractivity contribution in [1.29, 1.82) is 0 Å². The van der Waals surface area contributed by atoms with Gasteiger partial charge in [0.15, 0.2) is 0 Å². The first-order chi connectivity index (χ1) is 9.36. The fourth-order valence-electron chi connectivity index (χ4n) is 1.79. The van der Waals surface area contributed by atoms with Gasteiger partial charge < -0.3 is 5.32 Å². The second-order valence-corrected chi connectivity index (χ2v) is 5.05. The summed E-state index contributed by atoms with van der Waals surface area (Å²) in [5.41, 5.74) is 0.0312. The van der Waals surface area contributed by atoms with Crippen molar-refractivity contribution in [2.75, 3.05) is 5.32 Å². The van der Waals surface area contributed by atoms with Crippen molar-refractivity contribution >= 4 is 28.9 Å². The van der Waals surface area contributed by atoms with Gasteiger partial charge in [-0.15, -0.1) is 0 Å². The summed E-state index contributed by atoms with van der Waals surface area (Å²) in [6.45, 7) is 0.202. The Morgan fingerprint density at radius 2 is 1.55 bits per heavy atom. The van der Waals surface area contributed by atoms with Crippen LogP contribution in [-0.4, -0.2) is 0 Å². The van der Waals surface area contributed by atoms with Crippen LogP contribution in [0.4, 0.5) is 18.9 Å². The number of alkyl halides is 3. The van der Waals surface area contributed by atoms with Crippen molar-refractivity contribution in [3.05, 3.63) is 63.6 Å². The summed E-state index contributed by atoms with van der Waals surface area (Å²) in [5.74, 6) is 0. The Bertz CT molecular complexity index is 591. The molecule has 106 valence electrons. The van der Waals surface area contributed by atoms with E-state index in [0.717, 1.165) is 6.07 Å². The molecule has 0 fully saturated rings. The molecule has 2 rings (SSSR count). The standard InChI is InChI=1S/C14H10Cl2F3N/c15-10-5-9(6-11(16)7-10)8-20-13-4-2-1-3-12(13)14(17,18)19/h1-7,20H,8H2. The van der Waals surface area contributed by atoms with Crippen LogP contribution in [0.3, 0.4) is 0 Å². The average Bonchev–Trinajstić information content (AvgIpc) is 2.34. The van der Waals surface area contributed by atoms with Crippen molar-refractivity contribution in [3.8, 4) is 0 Å². The average molecular weight is 320 g/mol. The Hall–Kier alpha value is -1.39. The molecule has 20 heavy (non-hydrogen) atoms. The zero-order valence-electron chi connectivity index (χ0n) is 10.1. The van der Waals surface area contributed by atoms with Crippen molar-refractivity contribution in [3.63, 3.8) is 0 Å². The van der Waals surface area contributed by atoms with Crippen LogP contribution < -0.4 is 5.32 Å². The Morgan fingerprint density at radius 1 is 0.950 bits per heavy atom. The minimum atomic E-state index is -4.39. The highest BCUT2D eigenvalue weighted by Crippen LogP contribution is 2.34. The predicted molar refractivity (Wildman–Crippen MR) is 75.2 cm³/mol. The normalized spacial score (nSPS) is 11.4. The topological polar surface area (TPSA) is 12.0 Å². The molecule has 0 aliphatic carbocycles. The highest BCUT2D eigenvalue weighted by Gasteiger charge is 2.32. The summed E-state index contributed by atoms with van der Waals surface area (Å²) in [7, 11) is 0. The number of anilines is 1. The molecule has 6 heteroatoms. The summed E-state index contributed by atoms with van der Waals surface area (Å²) in [6.07, 6.45) is -4.39. The van der Waals surface area contributed by atoms with Crippen molar-refractivity contribution in [2.45, 2.75) is 12.7 Å². The molecule has 0 radical (unpaired) electrons. The molecule has 0 saturated carbocycles. The lowest BCUT2D eigenvalue weighted by Crippen LogP contribution is -2.10. The van der Waals surface area contributed by atoms with Gasteiger partial charge >= 0.3 is 6.18 Å². The highest BCUT2D eigenvalue weighted by atomic mass is 35.5. The first-order valence-corrected chi connectivity index (χ1v) is 6.47. The van der Waals surface area contributed by atoms with Gasteiger partial charge in [0.05, 0.1) is 5.56 Å². The largest absolute Gasteiger partial charge is 0.418 e. The van der Waals surface area contributed by atoms with Gasteiger partial charge in [0.2, 0.25) is 0 Å². The summed E-state index contributed by atoms with van der Waals surface area (Å²) in [4.78, 5) is 0. The first kappa shape index (κ1) is 15.0. The molecule has 0 spiro atoms. The van der Waals surface area contributed by atoms with E-state index >= 15 is 0 Å². The molecule has 2 aromatic rings. The van der Waals surface area contributed by atoms with Crippen LogP contribution >= 0.6 is 23.2 Å². The zero-order valence-corrected chi connectivity index (χ0v) is 11.7. The molecule has 0 bridgehead atoms. The number of benzene rings is 2. The molecule has 0 unspecified atom stereocenters. The lowest BCUT2D eigenvalue weighted by Gasteiger charge is -2.14. The molecular formula is C14H10Cl2F3N. The van der Waals surface area contributed by atoms with E-state index in [4.69, 9.17) is 23.2 Å². The molecule has 0 aliphatic rings. The van der Waals surface area contributed by atoms with Crippen LogP contribution in [0.2, 0.25) is 10.0 Å². The van der Waals surface area contributed by atoms with Crippen molar-refractivity contribution in [1.82, 2.24) is 0 Å². The Labute approximate surface area is 124 Å². The third-order valence-corrected chi connectivity index (χ3v) is 3.07. The second-order valence-electron chi connectivity index (χ2n) is 4.17. The molecule has 0 atom stereocenters. The maximum absolute atomic E-state index is 12.8. The van der Waals surface area contributed by atoms with Gasteiger partial charge in [0, 0.05) is 22.3 Å². The predicted octanol–water partition coefficient (Wildman–Crippen LogP) is 5.62. The van der Waals surface area contributed by atoms with E-state index < -0.39 is 11.7 Å². The van der Waals surface area contributed by atoms with Gasteiger partial charge in [0.1, 0.15) is 0 Å². The van der Waals surface area contributed by atoms with Crippen LogP contribution in [0, 0.1) is 0 Å². The molecule has 1 N–H and O–H groups in total. The van der Waals surface area contributed by atoms with E-state index in [2.05, 4.69) is 5.32 Å². The molecule has 1 nitrogen and oxygen atoms in total. The lowest BCUT2D eigenvalue weighted by molar-refractivity contribution is -0.136. The Balaban J connectivity index is 2.19. The van der Waals surface area contributed by atoms with E-state index in [9.17, 15) is 13.2 Å². The van der Waals surface area contributed by atoms with Gasteiger partial charge in [-0.3, -0.25) is 0 Å². The highest BCUT2D eigenvalue weighted by molar-refractivity contribution is 6.34. The van der Waals surface area contributed by atoms with E-state index in [1.807, 2.05) is 0 Å². The molecular weight excluding hydrogens is 310 g/mol. The van der Waals surface area contributed by atoms with Gasteiger partial charge in [0.25, 0.3) is 0 Å². The fraction of sp³-hybridized carbons (Fsp3) is 0.143. The number of rotatable bonds is 3. The summed E-state index contributed by atoms with van der Waals surface area (Å²) >= 11 is 11.7. The molecule has 0 amide bonds. The minimum Gasteiger partial charge on any atom is -0.380 e. The van der Waals surface area contributed by atoms with Gasteiger partial charge in [-0.05, 0) is 35.9 Å². The number of halogens is 5. The van der Waals surface area contributed by atoms with Crippen LogP contribution in [0.5, 0.6) is 0 Å². The van der Waals surface area contributed by atoms with Crippen molar-refractivity contribution in [2.24, 2.45) is 0 Å². The lowest BCUT2D eigenvalue weighted by atomic mass is 10.1. The molecule has 0 aliphatic heterocycles. The molecule has 2 aromatic carbocycles. The van der Waals surface area contributed by atoms with Crippen LogP contribution in [0.25, 0.3) is 0 Å². The molecule has 0 saturated heterocycles. The third kappa shape index (κ3) is 3.81. The van der Waals surface area contributed by atoms with Gasteiger partial charge in [-0.2, -0.15) is 13.2 Å². The van der Waals surface area contributed by atoms with E-state index in [1.165, 1.54) is 12.1 Å². The third-order valence-electron chi connectivity index (χ3n) is 2.64. The monoisotopic (exact) mass is 319 g/mol. The second kappa shape index (κ2) is 5.94. The van der Waals surface area contributed by atoms with E-state index in [0.29, 0.717) is 15.6 Å². The smallest absolute Gasteiger partial charge is 0.380 e. The summed E-state index contributed by atoms with van der Waals surface area (Å²) in [5, 5.41) is 3.64. The van der Waals surface area contributed by atoms with Crippen LogP contribution in [0.1, 0.15) is 11.1 Å². The summed E-state index contributed by atoms with van der Waals surface area (Å²) < 4.78 is 38.5. The Kier molecular flexibility index (Phi) is 4.45. The number of nitrogens with one attached hydrogen (secondary N) is 1. The number of hydrogen-bond donors (Lipinski definition) is 1. The summed E-state index contributed by atoms with van der Waals surface area (Å²) in [6, 6.07) is 10.2. The SMILES string of the molecule is FC(F)(F)c1ccccc1NCc1cc(Cl)cc(Cl)c1. The quantitative estimate of drug-likeness (QED) is 0.773. The first-order valence-electron chi connectivity index (χ1n) is 5.71. The minimum absolute atomic E-state index is 0.0242.